The Labute approximate surface area is 136 Å². The van der Waals surface area contributed by atoms with Crippen molar-refractivity contribution in [3.63, 3.8) is 0 Å². The van der Waals surface area contributed by atoms with Crippen molar-refractivity contribution in [2.45, 2.75) is 20.0 Å². The number of carbonyl (C=O) groups is 1. The molecule has 0 aliphatic heterocycles. The fourth-order valence-corrected chi connectivity index (χ4v) is 2.59. The van der Waals surface area contributed by atoms with Crippen molar-refractivity contribution in [2.75, 3.05) is 26.8 Å². The second kappa shape index (κ2) is 7.48. The SMILES string of the molecule is CCOC(=O)c1c(C)n(C)c2ccc(OCC(O)CNC)cc12. The van der Waals surface area contributed by atoms with Crippen LogP contribution in [-0.4, -0.2) is 48.6 Å². The molecule has 126 valence electrons. The maximum Gasteiger partial charge on any atom is 0.340 e. The number of hydrogen-bond acceptors (Lipinski definition) is 5. The van der Waals surface area contributed by atoms with Crippen molar-refractivity contribution in [1.82, 2.24) is 9.88 Å². The van der Waals surface area contributed by atoms with Crippen LogP contribution >= 0.6 is 0 Å². The maximum absolute atomic E-state index is 12.2. The van der Waals surface area contributed by atoms with Crippen molar-refractivity contribution >= 4 is 16.9 Å². The van der Waals surface area contributed by atoms with Gasteiger partial charge in [0.15, 0.2) is 0 Å². The van der Waals surface area contributed by atoms with Gasteiger partial charge in [-0.05, 0) is 39.1 Å². The van der Waals surface area contributed by atoms with Crippen LogP contribution in [0, 0.1) is 6.92 Å². The van der Waals surface area contributed by atoms with E-state index in [0.29, 0.717) is 24.5 Å². The number of ether oxygens (including phenoxy) is 2. The molecule has 0 amide bonds. The third-order valence-corrected chi connectivity index (χ3v) is 3.83. The molecule has 1 unspecified atom stereocenters. The summed E-state index contributed by atoms with van der Waals surface area (Å²) < 4.78 is 12.7. The predicted molar refractivity (Wildman–Crippen MR) is 89.0 cm³/mol. The van der Waals surface area contributed by atoms with Crippen LogP contribution in [0.2, 0.25) is 0 Å². The summed E-state index contributed by atoms with van der Waals surface area (Å²) in [6.07, 6.45) is -0.585. The number of aliphatic hydroxyl groups excluding tert-OH is 1. The van der Waals surface area contributed by atoms with Gasteiger partial charge in [-0.15, -0.1) is 0 Å². The molecule has 1 aromatic heterocycles. The highest BCUT2D eigenvalue weighted by molar-refractivity contribution is 6.06. The van der Waals surface area contributed by atoms with E-state index in [1.54, 1.807) is 14.0 Å². The van der Waals surface area contributed by atoms with Crippen molar-refractivity contribution < 1.29 is 19.4 Å². The molecule has 6 heteroatoms. The van der Waals surface area contributed by atoms with Crippen LogP contribution in [0.1, 0.15) is 23.0 Å². The molecule has 1 atom stereocenters. The lowest BCUT2D eigenvalue weighted by atomic mass is 10.1. The average molecular weight is 320 g/mol. The molecule has 2 rings (SSSR count). The van der Waals surface area contributed by atoms with E-state index in [1.165, 1.54) is 0 Å². The fraction of sp³-hybridized carbons (Fsp3) is 0.471. The van der Waals surface area contributed by atoms with Crippen molar-refractivity contribution in [3.05, 3.63) is 29.5 Å². The first-order chi connectivity index (χ1) is 11.0. The van der Waals surface area contributed by atoms with Gasteiger partial charge in [0.25, 0.3) is 0 Å². The molecule has 0 saturated carbocycles. The number of rotatable bonds is 7. The first-order valence-corrected chi connectivity index (χ1v) is 7.71. The molecular formula is C17H24N2O4. The number of aliphatic hydroxyl groups is 1. The number of fused-ring (bicyclic) bond motifs is 1. The molecule has 0 bridgehead atoms. The first kappa shape index (κ1) is 17.3. The summed E-state index contributed by atoms with van der Waals surface area (Å²) in [6.45, 7) is 4.66. The summed E-state index contributed by atoms with van der Waals surface area (Å²) in [4.78, 5) is 12.2. The number of likely N-dealkylation sites (N-methyl/N-ethyl adjacent to an activating group) is 1. The van der Waals surface area contributed by atoms with Gasteiger partial charge in [-0.1, -0.05) is 0 Å². The van der Waals surface area contributed by atoms with Gasteiger partial charge in [0.1, 0.15) is 18.5 Å². The zero-order valence-corrected chi connectivity index (χ0v) is 14.0. The van der Waals surface area contributed by atoms with E-state index in [0.717, 1.165) is 16.6 Å². The van der Waals surface area contributed by atoms with Crippen LogP contribution in [0.25, 0.3) is 10.9 Å². The highest BCUT2D eigenvalue weighted by Crippen LogP contribution is 2.29. The number of carbonyl (C=O) groups excluding carboxylic acids is 1. The zero-order valence-electron chi connectivity index (χ0n) is 14.0. The Morgan fingerprint density at radius 2 is 2.17 bits per heavy atom. The molecule has 1 heterocycles. The van der Waals surface area contributed by atoms with Crippen LogP contribution in [0.5, 0.6) is 5.75 Å². The van der Waals surface area contributed by atoms with Crippen LogP contribution in [0.3, 0.4) is 0 Å². The lowest BCUT2D eigenvalue weighted by molar-refractivity contribution is 0.0527. The van der Waals surface area contributed by atoms with Gasteiger partial charge in [0, 0.05) is 30.2 Å². The van der Waals surface area contributed by atoms with E-state index in [9.17, 15) is 9.90 Å². The van der Waals surface area contributed by atoms with E-state index in [-0.39, 0.29) is 12.6 Å². The van der Waals surface area contributed by atoms with Crippen LogP contribution in [0.4, 0.5) is 0 Å². The largest absolute Gasteiger partial charge is 0.491 e. The lowest BCUT2D eigenvalue weighted by Gasteiger charge is -2.12. The number of nitrogens with one attached hydrogen (secondary N) is 1. The van der Waals surface area contributed by atoms with Crippen LogP contribution in [0.15, 0.2) is 18.2 Å². The maximum atomic E-state index is 12.2. The Morgan fingerprint density at radius 3 is 2.83 bits per heavy atom. The second-order valence-electron chi connectivity index (χ2n) is 5.44. The summed E-state index contributed by atoms with van der Waals surface area (Å²) in [5, 5.41) is 13.4. The van der Waals surface area contributed by atoms with Crippen molar-refractivity contribution in [3.8, 4) is 5.75 Å². The fourth-order valence-electron chi connectivity index (χ4n) is 2.59. The van der Waals surface area contributed by atoms with E-state index in [4.69, 9.17) is 9.47 Å². The predicted octanol–water partition coefficient (Wildman–Crippen LogP) is 1.62. The first-order valence-electron chi connectivity index (χ1n) is 7.71. The van der Waals surface area contributed by atoms with E-state index < -0.39 is 6.10 Å². The Hall–Kier alpha value is -2.05. The minimum atomic E-state index is -0.585. The normalized spacial score (nSPS) is 12.4. The van der Waals surface area contributed by atoms with Crippen LogP contribution < -0.4 is 10.1 Å². The van der Waals surface area contributed by atoms with Gasteiger partial charge in [0.2, 0.25) is 0 Å². The molecule has 0 spiro atoms. The van der Waals surface area contributed by atoms with Gasteiger partial charge < -0.3 is 24.5 Å². The number of aromatic nitrogens is 1. The molecule has 6 nitrogen and oxygen atoms in total. The van der Waals surface area contributed by atoms with E-state index in [2.05, 4.69) is 5.32 Å². The quantitative estimate of drug-likeness (QED) is 0.759. The number of hydrogen-bond donors (Lipinski definition) is 2. The number of esters is 1. The molecule has 0 radical (unpaired) electrons. The molecule has 2 aromatic rings. The summed E-state index contributed by atoms with van der Waals surface area (Å²) in [6, 6.07) is 5.56. The number of aryl methyl sites for hydroxylation is 1. The molecule has 0 aliphatic rings. The Balaban J connectivity index is 2.33. The van der Waals surface area contributed by atoms with Crippen LogP contribution in [-0.2, 0) is 11.8 Å². The van der Waals surface area contributed by atoms with E-state index >= 15 is 0 Å². The Morgan fingerprint density at radius 1 is 1.43 bits per heavy atom. The van der Waals surface area contributed by atoms with Gasteiger partial charge in [0.05, 0.1) is 12.2 Å². The molecule has 23 heavy (non-hydrogen) atoms. The summed E-state index contributed by atoms with van der Waals surface area (Å²) in [5.41, 5.74) is 2.35. The average Bonchev–Trinajstić information content (AvgIpc) is 2.77. The minimum Gasteiger partial charge on any atom is -0.491 e. The summed E-state index contributed by atoms with van der Waals surface area (Å²) in [5.74, 6) is 0.284. The van der Waals surface area contributed by atoms with Gasteiger partial charge in [-0.2, -0.15) is 0 Å². The van der Waals surface area contributed by atoms with Crippen molar-refractivity contribution in [2.24, 2.45) is 7.05 Å². The van der Waals surface area contributed by atoms with Gasteiger partial charge in [-0.3, -0.25) is 0 Å². The topological polar surface area (TPSA) is 72.7 Å². The standard InChI is InChI=1S/C17H24N2O4/c1-5-22-17(21)16-11(2)19(4)15-7-6-13(8-14(15)16)23-10-12(20)9-18-3/h6-8,12,18,20H,5,9-10H2,1-4H3. The highest BCUT2D eigenvalue weighted by atomic mass is 16.5. The zero-order chi connectivity index (χ0) is 17.0. The van der Waals surface area contributed by atoms with E-state index in [1.807, 2.05) is 36.7 Å². The summed E-state index contributed by atoms with van der Waals surface area (Å²) in [7, 11) is 3.69. The third-order valence-electron chi connectivity index (χ3n) is 3.83. The minimum absolute atomic E-state index is 0.187. The highest BCUT2D eigenvalue weighted by Gasteiger charge is 2.20. The molecule has 0 aliphatic carbocycles. The Bertz CT molecular complexity index is 693. The Kier molecular flexibility index (Phi) is 5.63. The molecular weight excluding hydrogens is 296 g/mol. The number of nitrogens with zero attached hydrogens (tertiary/aromatic N) is 1. The third kappa shape index (κ3) is 3.65. The molecule has 0 saturated heterocycles. The number of benzene rings is 1. The molecule has 0 fully saturated rings. The summed E-state index contributed by atoms with van der Waals surface area (Å²) >= 11 is 0. The molecule has 1 aromatic carbocycles. The second-order valence-corrected chi connectivity index (χ2v) is 5.44. The smallest absolute Gasteiger partial charge is 0.340 e. The van der Waals surface area contributed by atoms with Gasteiger partial charge in [-0.25, -0.2) is 4.79 Å². The molecule has 2 N–H and O–H groups in total. The lowest BCUT2D eigenvalue weighted by Crippen LogP contribution is -2.29. The monoisotopic (exact) mass is 320 g/mol. The van der Waals surface area contributed by atoms with Gasteiger partial charge >= 0.3 is 5.97 Å². The van der Waals surface area contributed by atoms with Crippen molar-refractivity contribution in [1.29, 1.82) is 0 Å².